The third-order valence-electron chi connectivity index (χ3n) is 5.18. The monoisotopic (exact) mass is 403 g/mol. The van der Waals surface area contributed by atoms with Gasteiger partial charge in [0.05, 0.1) is 24.3 Å². The summed E-state index contributed by atoms with van der Waals surface area (Å²) < 4.78 is 11.1. The van der Waals surface area contributed by atoms with Crippen molar-refractivity contribution in [3.63, 3.8) is 0 Å². The molecule has 0 aromatic heterocycles. The molecule has 4 rings (SSSR count). The molecule has 1 N–H and O–H groups in total. The SMILES string of the molecule is COc1cc2c(c(OC)c1)C(c1cccc(Cl)c1Cl)C1=C(CCCC1=O)N2. The van der Waals surface area contributed by atoms with Gasteiger partial charge in [-0.05, 0) is 24.5 Å². The lowest BCUT2D eigenvalue weighted by Crippen LogP contribution is -2.27. The Labute approximate surface area is 168 Å². The zero-order valence-electron chi connectivity index (χ0n) is 15.1. The van der Waals surface area contributed by atoms with E-state index >= 15 is 0 Å². The molecule has 0 spiro atoms. The number of ketones is 1. The van der Waals surface area contributed by atoms with Crippen molar-refractivity contribution in [3.8, 4) is 11.5 Å². The van der Waals surface area contributed by atoms with Crippen LogP contribution in [0.5, 0.6) is 11.5 Å². The van der Waals surface area contributed by atoms with E-state index in [1.54, 1.807) is 20.3 Å². The van der Waals surface area contributed by atoms with Gasteiger partial charge in [-0.2, -0.15) is 0 Å². The van der Waals surface area contributed by atoms with Crippen molar-refractivity contribution in [1.29, 1.82) is 0 Å². The van der Waals surface area contributed by atoms with Gasteiger partial charge in [-0.15, -0.1) is 0 Å². The van der Waals surface area contributed by atoms with E-state index in [4.69, 9.17) is 32.7 Å². The first-order valence-electron chi connectivity index (χ1n) is 8.78. The van der Waals surface area contributed by atoms with E-state index in [0.717, 1.165) is 40.9 Å². The Morgan fingerprint density at radius 1 is 1.11 bits per heavy atom. The molecular formula is C21H19Cl2NO3. The van der Waals surface area contributed by atoms with Crippen molar-refractivity contribution in [3.05, 3.63) is 62.8 Å². The molecule has 0 saturated heterocycles. The summed E-state index contributed by atoms with van der Waals surface area (Å²) in [5.74, 6) is 1.12. The molecule has 1 atom stereocenters. The average molecular weight is 404 g/mol. The van der Waals surface area contributed by atoms with Crippen molar-refractivity contribution < 1.29 is 14.3 Å². The lowest BCUT2D eigenvalue weighted by molar-refractivity contribution is -0.116. The number of rotatable bonds is 3. The Kier molecular flexibility index (Phi) is 4.79. The summed E-state index contributed by atoms with van der Waals surface area (Å²) in [5.41, 5.74) is 4.23. The smallest absolute Gasteiger partial charge is 0.161 e. The average Bonchev–Trinajstić information content (AvgIpc) is 2.68. The van der Waals surface area contributed by atoms with Crippen LogP contribution in [-0.4, -0.2) is 20.0 Å². The first-order chi connectivity index (χ1) is 13.0. The van der Waals surface area contributed by atoms with Gasteiger partial charge in [0.1, 0.15) is 11.5 Å². The molecule has 0 saturated carbocycles. The number of carbonyl (C=O) groups is 1. The first kappa shape index (κ1) is 18.2. The highest BCUT2D eigenvalue weighted by atomic mass is 35.5. The van der Waals surface area contributed by atoms with Gasteiger partial charge in [0.25, 0.3) is 0 Å². The Balaban J connectivity index is 2.03. The van der Waals surface area contributed by atoms with E-state index in [0.29, 0.717) is 28.0 Å². The zero-order valence-corrected chi connectivity index (χ0v) is 16.6. The predicted octanol–water partition coefficient (Wildman–Crippen LogP) is 5.58. The van der Waals surface area contributed by atoms with Gasteiger partial charge in [-0.25, -0.2) is 0 Å². The van der Waals surface area contributed by atoms with Crippen LogP contribution in [-0.2, 0) is 4.79 Å². The fourth-order valence-electron chi connectivity index (χ4n) is 3.98. The summed E-state index contributed by atoms with van der Waals surface area (Å²) in [6.07, 6.45) is 2.18. The molecule has 2 aliphatic rings. The number of halogens is 2. The Hall–Kier alpha value is -2.17. The van der Waals surface area contributed by atoms with Crippen LogP contribution in [0.3, 0.4) is 0 Å². The molecule has 1 aliphatic heterocycles. The number of hydrogen-bond donors (Lipinski definition) is 1. The summed E-state index contributed by atoms with van der Waals surface area (Å²) in [4.78, 5) is 12.9. The van der Waals surface area contributed by atoms with Gasteiger partial charge in [0.2, 0.25) is 0 Å². The quantitative estimate of drug-likeness (QED) is 0.726. The minimum Gasteiger partial charge on any atom is -0.497 e. The fraction of sp³-hybridized carbons (Fsp3) is 0.286. The van der Waals surface area contributed by atoms with Gasteiger partial charge < -0.3 is 14.8 Å². The second-order valence-electron chi connectivity index (χ2n) is 6.66. The molecule has 140 valence electrons. The van der Waals surface area contributed by atoms with Gasteiger partial charge in [-0.1, -0.05) is 35.3 Å². The molecule has 0 fully saturated rings. The van der Waals surface area contributed by atoms with E-state index in [2.05, 4.69) is 5.32 Å². The maximum absolute atomic E-state index is 12.9. The molecule has 27 heavy (non-hydrogen) atoms. The predicted molar refractivity (Wildman–Crippen MR) is 107 cm³/mol. The molecule has 1 aliphatic carbocycles. The Bertz CT molecular complexity index is 968. The van der Waals surface area contributed by atoms with Crippen LogP contribution in [0.25, 0.3) is 0 Å². The normalized spacial score (nSPS) is 18.5. The number of Topliss-reactive ketones (excluding diaryl/α,β-unsaturated/α-hetero) is 1. The number of ether oxygens (including phenoxy) is 2. The minimum absolute atomic E-state index is 0.133. The summed E-state index contributed by atoms with van der Waals surface area (Å²) in [6, 6.07) is 9.27. The topological polar surface area (TPSA) is 47.6 Å². The van der Waals surface area contributed by atoms with Crippen LogP contribution in [0, 0.1) is 0 Å². The minimum atomic E-state index is -0.337. The molecule has 2 aromatic carbocycles. The van der Waals surface area contributed by atoms with Crippen molar-refractivity contribution in [2.24, 2.45) is 0 Å². The van der Waals surface area contributed by atoms with Gasteiger partial charge in [0.15, 0.2) is 5.78 Å². The molecule has 6 heteroatoms. The summed E-state index contributed by atoms with van der Waals surface area (Å²) in [5, 5.41) is 4.36. The summed E-state index contributed by atoms with van der Waals surface area (Å²) >= 11 is 12.9. The lowest BCUT2D eigenvalue weighted by atomic mass is 9.75. The molecule has 4 nitrogen and oxygen atoms in total. The van der Waals surface area contributed by atoms with E-state index < -0.39 is 0 Å². The highest BCUT2D eigenvalue weighted by Crippen LogP contribution is 2.51. The largest absolute Gasteiger partial charge is 0.497 e. The molecule has 1 unspecified atom stereocenters. The van der Waals surface area contributed by atoms with Crippen molar-refractivity contribution in [1.82, 2.24) is 0 Å². The van der Waals surface area contributed by atoms with E-state index in [9.17, 15) is 4.79 Å². The standard InChI is InChI=1S/C21H19Cl2NO3/c1-26-11-9-15-20(17(10-11)27-2)18(12-5-3-6-13(22)21(12)23)19-14(24-15)7-4-8-16(19)25/h3,5-6,9-10,18,24H,4,7-8H2,1-2H3. The maximum atomic E-state index is 12.9. The Morgan fingerprint density at radius 3 is 2.67 bits per heavy atom. The van der Waals surface area contributed by atoms with Crippen LogP contribution in [0.15, 0.2) is 41.6 Å². The highest BCUT2D eigenvalue weighted by molar-refractivity contribution is 6.42. The molecular weight excluding hydrogens is 385 g/mol. The molecule has 2 aromatic rings. The lowest BCUT2D eigenvalue weighted by Gasteiger charge is -2.35. The number of allylic oxidation sites excluding steroid dienone is 2. The molecule has 0 amide bonds. The number of nitrogens with one attached hydrogen (secondary N) is 1. The first-order valence-corrected chi connectivity index (χ1v) is 9.53. The second-order valence-corrected chi connectivity index (χ2v) is 7.45. The number of fused-ring (bicyclic) bond motifs is 1. The van der Waals surface area contributed by atoms with E-state index in [1.807, 2.05) is 24.3 Å². The summed E-state index contributed by atoms with van der Waals surface area (Å²) in [6.45, 7) is 0. The number of carbonyl (C=O) groups excluding carboxylic acids is 1. The molecule has 1 heterocycles. The van der Waals surface area contributed by atoms with Crippen LogP contribution in [0.2, 0.25) is 10.0 Å². The number of methoxy groups -OCH3 is 2. The third-order valence-corrected chi connectivity index (χ3v) is 6.02. The van der Waals surface area contributed by atoms with Crippen molar-refractivity contribution in [2.75, 3.05) is 19.5 Å². The summed E-state index contributed by atoms with van der Waals surface area (Å²) in [7, 11) is 3.22. The van der Waals surface area contributed by atoms with E-state index in [-0.39, 0.29) is 11.7 Å². The van der Waals surface area contributed by atoms with Crippen LogP contribution >= 0.6 is 23.2 Å². The van der Waals surface area contributed by atoms with Gasteiger partial charge in [0, 0.05) is 47.0 Å². The zero-order chi connectivity index (χ0) is 19.1. The van der Waals surface area contributed by atoms with E-state index in [1.165, 1.54) is 0 Å². The highest BCUT2D eigenvalue weighted by Gasteiger charge is 2.38. The molecule has 0 radical (unpaired) electrons. The van der Waals surface area contributed by atoms with Gasteiger partial charge in [-0.3, -0.25) is 4.79 Å². The van der Waals surface area contributed by atoms with Crippen molar-refractivity contribution in [2.45, 2.75) is 25.2 Å². The molecule has 0 bridgehead atoms. The van der Waals surface area contributed by atoms with Gasteiger partial charge >= 0.3 is 0 Å². The maximum Gasteiger partial charge on any atom is 0.161 e. The second kappa shape index (κ2) is 7.10. The third kappa shape index (κ3) is 2.97. The number of benzene rings is 2. The van der Waals surface area contributed by atoms with Crippen LogP contribution in [0.4, 0.5) is 5.69 Å². The van der Waals surface area contributed by atoms with Crippen molar-refractivity contribution >= 4 is 34.7 Å². The number of anilines is 1. The van der Waals surface area contributed by atoms with Crippen LogP contribution < -0.4 is 14.8 Å². The van der Waals surface area contributed by atoms with Crippen LogP contribution in [0.1, 0.15) is 36.3 Å². The number of hydrogen-bond acceptors (Lipinski definition) is 4. The Morgan fingerprint density at radius 2 is 1.93 bits per heavy atom. The fourth-order valence-corrected chi connectivity index (χ4v) is 4.40.